The van der Waals surface area contributed by atoms with Gasteiger partial charge in [-0.15, -0.1) is 0 Å². The molecule has 0 rings (SSSR count). The number of carbonyl (C=O) groups excluding carboxylic acids is 1. The summed E-state index contributed by atoms with van der Waals surface area (Å²) >= 11 is 0. The second-order valence-electron chi connectivity index (χ2n) is 4.79. The molecule has 0 aromatic heterocycles. The van der Waals surface area contributed by atoms with Gasteiger partial charge in [0.05, 0.1) is 12.5 Å². The highest BCUT2D eigenvalue weighted by molar-refractivity contribution is 5.76. The summed E-state index contributed by atoms with van der Waals surface area (Å²) in [6, 6.07) is -0.195. The fourth-order valence-electron chi connectivity index (χ4n) is 1.76. The number of nitrogens with zero attached hydrogens (tertiary/aromatic N) is 1. The summed E-state index contributed by atoms with van der Waals surface area (Å²) in [4.78, 5) is 24.6. The molecule has 2 N–H and O–H groups in total. The molecule has 6 nitrogen and oxygen atoms in total. The van der Waals surface area contributed by atoms with Crippen LogP contribution < -0.4 is 5.32 Å². The highest BCUT2D eigenvalue weighted by Crippen LogP contribution is 2.06. The zero-order chi connectivity index (χ0) is 14.8. The number of ether oxygens (including phenoxy) is 1. The number of nitrogens with one attached hydrogen (secondary N) is 1. The molecule has 1 atom stereocenters. The van der Waals surface area contributed by atoms with Crippen LogP contribution in [-0.4, -0.2) is 54.9 Å². The Labute approximate surface area is 115 Å². The summed E-state index contributed by atoms with van der Waals surface area (Å²) in [6.45, 7) is 6.87. The van der Waals surface area contributed by atoms with E-state index < -0.39 is 11.9 Å². The van der Waals surface area contributed by atoms with Gasteiger partial charge in [-0.2, -0.15) is 0 Å². The van der Waals surface area contributed by atoms with Crippen molar-refractivity contribution in [2.75, 3.05) is 26.8 Å². The summed E-state index contributed by atoms with van der Waals surface area (Å²) in [5, 5.41) is 11.7. The van der Waals surface area contributed by atoms with Crippen molar-refractivity contribution in [1.29, 1.82) is 0 Å². The molecule has 0 aromatic carbocycles. The van der Waals surface area contributed by atoms with E-state index in [2.05, 4.69) is 5.32 Å². The molecule has 112 valence electrons. The van der Waals surface area contributed by atoms with E-state index in [9.17, 15) is 9.59 Å². The topological polar surface area (TPSA) is 78.9 Å². The lowest BCUT2D eigenvalue weighted by Crippen LogP contribution is -2.47. The van der Waals surface area contributed by atoms with Gasteiger partial charge >= 0.3 is 12.0 Å². The Balaban J connectivity index is 4.34. The van der Waals surface area contributed by atoms with Crippen LogP contribution in [0.1, 0.15) is 33.6 Å². The number of methoxy groups -OCH3 is 1. The van der Waals surface area contributed by atoms with Gasteiger partial charge < -0.3 is 20.1 Å². The van der Waals surface area contributed by atoms with Crippen molar-refractivity contribution in [1.82, 2.24) is 10.2 Å². The summed E-state index contributed by atoms with van der Waals surface area (Å²) in [5.41, 5.74) is 0. The van der Waals surface area contributed by atoms with Gasteiger partial charge in [-0.3, -0.25) is 4.79 Å². The number of amides is 2. The van der Waals surface area contributed by atoms with Crippen LogP contribution in [0.5, 0.6) is 0 Å². The summed E-state index contributed by atoms with van der Waals surface area (Å²) in [7, 11) is 1.58. The third-order valence-corrected chi connectivity index (χ3v) is 2.91. The van der Waals surface area contributed by atoms with Crippen molar-refractivity contribution < 1.29 is 19.4 Å². The van der Waals surface area contributed by atoms with Crippen LogP contribution in [-0.2, 0) is 9.53 Å². The van der Waals surface area contributed by atoms with Crippen LogP contribution in [0, 0.1) is 5.92 Å². The molecule has 0 saturated heterocycles. The Kier molecular flexibility index (Phi) is 8.95. The molecule has 19 heavy (non-hydrogen) atoms. The standard InChI is InChI=1S/C13H26N2O4/c1-5-6-11(12(16)17)9-14-13(18)15(10(2)3)7-8-19-4/h10-11H,5-9H2,1-4H3,(H,14,18)(H,16,17). The zero-order valence-corrected chi connectivity index (χ0v) is 12.3. The second kappa shape index (κ2) is 9.61. The van der Waals surface area contributed by atoms with Gasteiger partial charge in [-0.05, 0) is 20.3 Å². The van der Waals surface area contributed by atoms with E-state index in [4.69, 9.17) is 9.84 Å². The monoisotopic (exact) mass is 274 g/mol. The Morgan fingerprint density at radius 3 is 2.42 bits per heavy atom. The minimum Gasteiger partial charge on any atom is -0.481 e. The maximum absolute atomic E-state index is 12.0. The van der Waals surface area contributed by atoms with Crippen LogP contribution >= 0.6 is 0 Å². The van der Waals surface area contributed by atoms with Crippen molar-refractivity contribution in [3.8, 4) is 0 Å². The van der Waals surface area contributed by atoms with Gasteiger partial charge in [0.25, 0.3) is 0 Å². The molecule has 0 spiro atoms. The van der Waals surface area contributed by atoms with Gasteiger partial charge in [0.15, 0.2) is 0 Å². The lowest BCUT2D eigenvalue weighted by Gasteiger charge is -2.27. The lowest BCUT2D eigenvalue weighted by atomic mass is 10.0. The third kappa shape index (κ3) is 7.00. The number of carbonyl (C=O) groups is 2. The van der Waals surface area contributed by atoms with E-state index in [-0.39, 0.29) is 18.6 Å². The second-order valence-corrected chi connectivity index (χ2v) is 4.79. The average molecular weight is 274 g/mol. The van der Waals surface area contributed by atoms with Crippen LogP contribution in [0.25, 0.3) is 0 Å². The van der Waals surface area contributed by atoms with Gasteiger partial charge in [0.1, 0.15) is 0 Å². The van der Waals surface area contributed by atoms with Crippen LogP contribution in [0.15, 0.2) is 0 Å². The molecular weight excluding hydrogens is 248 g/mol. The molecule has 0 aliphatic carbocycles. The first kappa shape index (κ1) is 17.7. The predicted octanol–water partition coefficient (Wildman–Crippen LogP) is 1.55. The van der Waals surface area contributed by atoms with Crippen LogP contribution in [0.2, 0.25) is 0 Å². The molecule has 6 heteroatoms. The number of aliphatic carboxylic acids is 1. The number of hydrogen-bond acceptors (Lipinski definition) is 3. The number of urea groups is 1. The third-order valence-electron chi connectivity index (χ3n) is 2.91. The van der Waals surface area contributed by atoms with Crippen molar-refractivity contribution in [3.63, 3.8) is 0 Å². The first-order valence-corrected chi connectivity index (χ1v) is 6.70. The predicted molar refractivity (Wildman–Crippen MR) is 73.2 cm³/mol. The molecule has 0 aromatic rings. The molecule has 0 bridgehead atoms. The first-order chi connectivity index (χ1) is 8.93. The van der Waals surface area contributed by atoms with E-state index in [1.165, 1.54) is 0 Å². The quantitative estimate of drug-likeness (QED) is 0.668. The summed E-state index contributed by atoms with van der Waals surface area (Å²) in [5.74, 6) is -1.39. The minimum atomic E-state index is -0.866. The normalized spacial score (nSPS) is 12.3. The zero-order valence-electron chi connectivity index (χ0n) is 12.3. The Morgan fingerprint density at radius 1 is 1.37 bits per heavy atom. The maximum atomic E-state index is 12.0. The molecule has 0 radical (unpaired) electrons. The van der Waals surface area contributed by atoms with Gasteiger partial charge in [-0.1, -0.05) is 13.3 Å². The summed E-state index contributed by atoms with van der Waals surface area (Å²) < 4.78 is 4.96. The number of carboxylic acid groups (broad SMARTS) is 1. The van der Waals surface area contributed by atoms with E-state index >= 15 is 0 Å². The number of rotatable bonds is 9. The molecule has 1 unspecified atom stereocenters. The minimum absolute atomic E-state index is 0.0459. The number of hydrogen-bond donors (Lipinski definition) is 2. The molecule has 0 saturated carbocycles. The molecule has 0 heterocycles. The largest absolute Gasteiger partial charge is 0.481 e. The Hall–Kier alpha value is -1.30. The van der Waals surface area contributed by atoms with E-state index in [0.29, 0.717) is 19.6 Å². The van der Waals surface area contributed by atoms with Crippen molar-refractivity contribution in [3.05, 3.63) is 0 Å². The van der Waals surface area contributed by atoms with E-state index in [1.807, 2.05) is 20.8 Å². The Bertz CT molecular complexity index is 282. The van der Waals surface area contributed by atoms with Gasteiger partial charge in [0, 0.05) is 26.2 Å². The SMILES string of the molecule is CCCC(CNC(=O)N(CCOC)C(C)C)C(=O)O. The fraction of sp³-hybridized carbons (Fsp3) is 0.846. The first-order valence-electron chi connectivity index (χ1n) is 6.70. The lowest BCUT2D eigenvalue weighted by molar-refractivity contribution is -0.141. The highest BCUT2D eigenvalue weighted by Gasteiger charge is 2.20. The molecule has 0 aliphatic heterocycles. The van der Waals surface area contributed by atoms with Gasteiger partial charge in [-0.25, -0.2) is 4.79 Å². The number of carboxylic acids is 1. The maximum Gasteiger partial charge on any atom is 0.317 e. The molecule has 2 amide bonds. The molecule has 0 fully saturated rings. The van der Waals surface area contributed by atoms with Crippen molar-refractivity contribution in [2.45, 2.75) is 39.7 Å². The highest BCUT2D eigenvalue weighted by atomic mass is 16.5. The average Bonchev–Trinajstić information content (AvgIpc) is 2.34. The van der Waals surface area contributed by atoms with Crippen LogP contribution in [0.3, 0.4) is 0 Å². The smallest absolute Gasteiger partial charge is 0.317 e. The van der Waals surface area contributed by atoms with E-state index in [1.54, 1.807) is 12.0 Å². The van der Waals surface area contributed by atoms with E-state index in [0.717, 1.165) is 6.42 Å². The van der Waals surface area contributed by atoms with Crippen molar-refractivity contribution in [2.24, 2.45) is 5.92 Å². The summed E-state index contributed by atoms with van der Waals surface area (Å²) in [6.07, 6.45) is 1.35. The molecule has 0 aliphatic rings. The fourth-order valence-corrected chi connectivity index (χ4v) is 1.76. The van der Waals surface area contributed by atoms with Crippen molar-refractivity contribution >= 4 is 12.0 Å². The molecular formula is C13H26N2O4. The van der Waals surface area contributed by atoms with Crippen LogP contribution in [0.4, 0.5) is 4.79 Å². The van der Waals surface area contributed by atoms with Gasteiger partial charge in [0.2, 0.25) is 0 Å². The Morgan fingerprint density at radius 2 is 2.00 bits per heavy atom.